The van der Waals surface area contributed by atoms with Crippen LogP contribution in [0.5, 0.6) is 0 Å². The number of hydrogen-bond donors (Lipinski definition) is 0. The third-order valence-electron chi connectivity index (χ3n) is 2.82. The lowest BCUT2D eigenvalue weighted by Crippen LogP contribution is -2.27. The average molecular weight is 240 g/mol. The number of halogens is 1. The van der Waals surface area contributed by atoms with Crippen LogP contribution in [0.15, 0.2) is 12.4 Å². The lowest BCUT2D eigenvalue weighted by Gasteiger charge is -2.22. The molecule has 3 nitrogen and oxygen atoms in total. The molecule has 2 rings (SSSR count). The van der Waals surface area contributed by atoms with E-state index in [0.29, 0.717) is 5.88 Å². The molecule has 0 unspecified atom stereocenters. The summed E-state index contributed by atoms with van der Waals surface area (Å²) in [6, 6.07) is 0. The summed E-state index contributed by atoms with van der Waals surface area (Å²) in [7, 11) is 0. The minimum atomic E-state index is 0.434. The van der Waals surface area contributed by atoms with E-state index in [4.69, 9.17) is 11.6 Å². The van der Waals surface area contributed by atoms with E-state index in [1.165, 1.54) is 12.8 Å². The Kier molecular flexibility index (Phi) is 3.99. The molecule has 1 heterocycles. The molecule has 88 valence electrons. The monoisotopic (exact) mass is 239 g/mol. The van der Waals surface area contributed by atoms with Gasteiger partial charge in [-0.3, -0.25) is 4.98 Å². The number of nitrogens with zero attached hydrogens (tertiary/aromatic N) is 3. The largest absolute Gasteiger partial charge is 0.355 e. The van der Waals surface area contributed by atoms with Crippen LogP contribution in [0.4, 0.5) is 5.82 Å². The van der Waals surface area contributed by atoms with Crippen molar-refractivity contribution >= 4 is 17.4 Å². The van der Waals surface area contributed by atoms with E-state index in [-0.39, 0.29) is 0 Å². The Balaban J connectivity index is 2.03. The molecule has 0 radical (unpaired) electrons. The van der Waals surface area contributed by atoms with Crippen LogP contribution in [0.3, 0.4) is 0 Å². The highest BCUT2D eigenvalue weighted by atomic mass is 35.5. The van der Waals surface area contributed by atoms with Gasteiger partial charge in [0.15, 0.2) is 0 Å². The van der Waals surface area contributed by atoms with Gasteiger partial charge in [0.05, 0.1) is 24.0 Å². The van der Waals surface area contributed by atoms with Crippen LogP contribution in [0.2, 0.25) is 0 Å². The smallest absolute Gasteiger partial charge is 0.147 e. The topological polar surface area (TPSA) is 29.0 Å². The molecule has 1 aliphatic rings. The molecule has 0 amide bonds. The molecule has 1 aromatic rings. The molecule has 0 aliphatic heterocycles. The molecule has 16 heavy (non-hydrogen) atoms. The third kappa shape index (κ3) is 3.08. The predicted molar refractivity (Wildman–Crippen MR) is 66.8 cm³/mol. The fourth-order valence-electron chi connectivity index (χ4n) is 1.76. The Hall–Kier alpha value is -0.830. The van der Waals surface area contributed by atoms with Crippen LogP contribution in [-0.4, -0.2) is 23.1 Å². The zero-order valence-corrected chi connectivity index (χ0v) is 10.5. The molecule has 0 aromatic carbocycles. The van der Waals surface area contributed by atoms with Gasteiger partial charge in [0, 0.05) is 13.1 Å². The predicted octanol–water partition coefficient (Wildman–Crippen LogP) is 2.84. The maximum absolute atomic E-state index is 5.70. The molecule has 0 bridgehead atoms. The summed E-state index contributed by atoms with van der Waals surface area (Å²) in [6.07, 6.45) is 7.50. The van der Waals surface area contributed by atoms with Crippen LogP contribution in [0.1, 0.15) is 31.9 Å². The van der Waals surface area contributed by atoms with E-state index < -0.39 is 0 Å². The van der Waals surface area contributed by atoms with Gasteiger partial charge in [-0.25, -0.2) is 4.98 Å². The number of anilines is 1. The Labute approximate surface area is 102 Å². The fraction of sp³-hybridized carbons (Fsp3) is 0.667. The van der Waals surface area contributed by atoms with Crippen LogP contribution in [0.25, 0.3) is 0 Å². The highest BCUT2D eigenvalue weighted by Gasteiger charge is 2.24. The van der Waals surface area contributed by atoms with E-state index in [0.717, 1.165) is 36.9 Å². The first-order chi connectivity index (χ1) is 7.83. The molecule has 1 fully saturated rings. The quantitative estimate of drug-likeness (QED) is 0.715. The normalized spacial score (nSPS) is 15.1. The highest BCUT2D eigenvalue weighted by molar-refractivity contribution is 6.16. The van der Waals surface area contributed by atoms with Gasteiger partial charge in [0.1, 0.15) is 5.82 Å². The summed E-state index contributed by atoms with van der Waals surface area (Å²) in [4.78, 5) is 11.1. The lowest BCUT2D eigenvalue weighted by atomic mass is 10.3. The standard InChI is InChI=1S/C12H18ClN3/c1-2-5-16(9-10-3-4-10)12-8-14-11(6-13)7-15-12/h7-8,10H,2-6,9H2,1H3. The summed E-state index contributed by atoms with van der Waals surface area (Å²) < 4.78 is 0. The second kappa shape index (κ2) is 5.48. The molecule has 1 aliphatic carbocycles. The Morgan fingerprint density at radius 3 is 2.69 bits per heavy atom. The Morgan fingerprint density at radius 1 is 1.38 bits per heavy atom. The van der Waals surface area contributed by atoms with E-state index >= 15 is 0 Å². The maximum Gasteiger partial charge on any atom is 0.147 e. The van der Waals surface area contributed by atoms with Gasteiger partial charge in [-0.1, -0.05) is 6.92 Å². The summed E-state index contributed by atoms with van der Waals surface area (Å²) >= 11 is 5.70. The van der Waals surface area contributed by atoms with Crippen molar-refractivity contribution in [3.05, 3.63) is 18.1 Å². The highest BCUT2D eigenvalue weighted by Crippen LogP contribution is 2.30. The van der Waals surface area contributed by atoms with Crippen molar-refractivity contribution in [1.29, 1.82) is 0 Å². The van der Waals surface area contributed by atoms with Gasteiger partial charge < -0.3 is 4.90 Å². The van der Waals surface area contributed by atoms with Crippen molar-refractivity contribution in [2.24, 2.45) is 5.92 Å². The minimum absolute atomic E-state index is 0.434. The van der Waals surface area contributed by atoms with Gasteiger partial charge in [-0.15, -0.1) is 11.6 Å². The van der Waals surface area contributed by atoms with Crippen molar-refractivity contribution < 1.29 is 0 Å². The van der Waals surface area contributed by atoms with Gasteiger partial charge in [-0.2, -0.15) is 0 Å². The van der Waals surface area contributed by atoms with E-state index in [1.54, 1.807) is 6.20 Å². The van der Waals surface area contributed by atoms with Crippen LogP contribution < -0.4 is 4.90 Å². The second-order valence-electron chi connectivity index (χ2n) is 4.39. The molecule has 1 saturated carbocycles. The second-order valence-corrected chi connectivity index (χ2v) is 4.66. The van der Waals surface area contributed by atoms with Crippen LogP contribution in [0, 0.1) is 5.92 Å². The molecule has 0 N–H and O–H groups in total. The van der Waals surface area contributed by atoms with E-state index in [2.05, 4.69) is 21.8 Å². The molecule has 0 spiro atoms. The first kappa shape index (κ1) is 11.6. The van der Waals surface area contributed by atoms with Crippen molar-refractivity contribution in [2.75, 3.05) is 18.0 Å². The number of aromatic nitrogens is 2. The van der Waals surface area contributed by atoms with Crippen molar-refractivity contribution in [2.45, 2.75) is 32.1 Å². The minimum Gasteiger partial charge on any atom is -0.355 e. The summed E-state index contributed by atoms with van der Waals surface area (Å²) in [5, 5.41) is 0. The summed E-state index contributed by atoms with van der Waals surface area (Å²) in [5.74, 6) is 2.30. The maximum atomic E-state index is 5.70. The van der Waals surface area contributed by atoms with Crippen LogP contribution in [-0.2, 0) is 5.88 Å². The van der Waals surface area contributed by atoms with Gasteiger partial charge >= 0.3 is 0 Å². The molecule has 0 atom stereocenters. The van der Waals surface area contributed by atoms with Crippen LogP contribution >= 0.6 is 11.6 Å². The molecular formula is C12H18ClN3. The molecule has 4 heteroatoms. The van der Waals surface area contributed by atoms with E-state index in [1.807, 2.05) is 6.20 Å². The number of alkyl halides is 1. The average Bonchev–Trinajstić information content (AvgIpc) is 3.13. The van der Waals surface area contributed by atoms with Crippen molar-refractivity contribution in [3.63, 3.8) is 0 Å². The van der Waals surface area contributed by atoms with Gasteiger partial charge in [-0.05, 0) is 25.2 Å². The molecule has 0 saturated heterocycles. The van der Waals surface area contributed by atoms with Gasteiger partial charge in [0.25, 0.3) is 0 Å². The summed E-state index contributed by atoms with van der Waals surface area (Å²) in [6.45, 7) is 4.38. The summed E-state index contributed by atoms with van der Waals surface area (Å²) in [5.41, 5.74) is 0.841. The van der Waals surface area contributed by atoms with Crippen molar-refractivity contribution in [3.8, 4) is 0 Å². The van der Waals surface area contributed by atoms with Crippen molar-refractivity contribution in [1.82, 2.24) is 9.97 Å². The molecule has 1 aromatic heterocycles. The van der Waals surface area contributed by atoms with Gasteiger partial charge in [0.2, 0.25) is 0 Å². The first-order valence-electron chi connectivity index (χ1n) is 5.95. The number of hydrogen-bond acceptors (Lipinski definition) is 3. The SMILES string of the molecule is CCCN(CC1CC1)c1cnc(CCl)cn1. The van der Waals surface area contributed by atoms with E-state index in [9.17, 15) is 0 Å². The first-order valence-corrected chi connectivity index (χ1v) is 6.48. The zero-order chi connectivity index (χ0) is 11.4. The Morgan fingerprint density at radius 2 is 2.19 bits per heavy atom. The lowest BCUT2D eigenvalue weighted by molar-refractivity contribution is 0.696. The Bertz CT molecular complexity index is 322. The number of rotatable bonds is 6. The zero-order valence-electron chi connectivity index (χ0n) is 9.69. The fourth-order valence-corrected chi connectivity index (χ4v) is 1.90. The third-order valence-corrected chi connectivity index (χ3v) is 3.10. The molecular weight excluding hydrogens is 222 g/mol.